The summed E-state index contributed by atoms with van der Waals surface area (Å²) in [5, 5.41) is 3.63. The van der Waals surface area contributed by atoms with Gasteiger partial charge in [0.2, 0.25) is 0 Å². The molecule has 1 aromatic rings. The van der Waals surface area contributed by atoms with Crippen molar-refractivity contribution in [1.29, 1.82) is 0 Å². The van der Waals surface area contributed by atoms with E-state index in [0.29, 0.717) is 6.04 Å². The molecule has 2 nitrogen and oxygen atoms in total. The van der Waals surface area contributed by atoms with Gasteiger partial charge >= 0.3 is 0 Å². The zero-order valence-corrected chi connectivity index (χ0v) is 10.8. The van der Waals surface area contributed by atoms with Gasteiger partial charge < -0.3 is 11.1 Å². The summed E-state index contributed by atoms with van der Waals surface area (Å²) < 4.78 is 0. The lowest BCUT2D eigenvalue weighted by atomic mass is 9.96. The molecule has 0 amide bonds. The second-order valence-corrected chi connectivity index (χ2v) is 5.28. The van der Waals surface area contributed by atoms with E-state index in [0.717, 1.165) is 11.4 Å². The Hall–Kier alpha value is -1.18. The Morgan fingerprint density at radius 3 is 2.41 bits per heavy atom. The van der Waals surface area contributed by atoms with Crippen molar-refractivity contribution in [2.75, 3.05) is 11.1 Å². The molecule has 3 N–H and O–H groups in total. The van der Waals surface area contributed by atoms with E-state index in [2.05, 4.69) is 24.4 Å². The molecule has 0 spiro atoms. The molecule has 1 fully saturated rings. The zero-order chi connectivity index (χ0) is 12.1. The molecule has 2 heteroatoms. The number of hydrogen-bond donors (Lipinski definition) is 2. The van der Waals surface area contributed by atoms with Crippen LogP contribution in [0.2, 0.25) is 0 Å². The molecule has 1 aromatic carbocycles. The Kier molecular flexibility index (Phi) is 4.29. The van der Waals surface area contributed by atoms with Gasteiger partial charge in [-0.3, -0.25) is 0 Å². The monoisotopic (exact) mass is 232 g/mol. The molecule has 0 atom stereocenters. The predicted octanol–water partition coefficient (Wildman–Crippen LogP) is 4.10. The standard InChI is InChI=1S/C15H24N2/c1-12-9-10-14(16)15(11-12)17-13-7-5-3-2-4-6-8-13/h9-11,13,17H,2-8,16H2,1H3. The van der Waals surface area contributed by atoms with Crippen LogP contribution in [-0.4, -0.2) is 6.04 Å². The van der Waals surface area contributed by atoms with Crippen molar-refractivity contribution < 1.29 is 0 Å². The molecule has 1 aliphatic rings. The number of nitrogens with one attached hydrogen (secondary N) is 1. The first-order chi connectivity index (χ1) is 8.25. The molecule has 17 heavy (non-hydrogen) atoms. The Bertz CT molecular complexity index is 352. The summed E-state index contributed by atoms with van der Waals surface area (Å²) in [4.78, 5) is 0. The number of nitrogens with two attached hydrogens (primary N) is 1. The molecule has 0 heterocycles. The van der Waals surface area contributed by atoms with Gasteiger partial charge in [-0.1, -0.05) is 38.2 Å². The second-order valence-electron chi connectivity index (χ2n) is 5.28. The third-order valence-electron chi connectivity index (χ3n) is 3.67. The van der Waals surface area contributed by atoms with Gasteiger partial charge in [-0.15, -0.1) is 0 Å². The maximum Gasteiger partial charge on any atom is 0.0578 e. The maximum atomic E-state index is 6.01. The minimum absolute atomic E-state index is 0.611. The first-order valence-corrected chi connectivity index (χ1v) is 6.88. The number of nitrogen functional groups attached to an aromatic ring is 1. The molecule has 1 aliphatic carbocycles. The Morgan fingerprint density at radius 2 is 1.71 bits per heavy atom. The van der Waals surface area contributed by atoms with Crippen LogP contribution in [0, 0.1) is 6.92 Å². The number of benzene rings is 1. The molecule has 0 bridgehead atoms. The van der Waals surface area contributed by atoms with Crippen LogP contribution in [0.3, 0.4) is 0 Å². The quantitative estimate of drug-likeness (QED) is 0.753. The third-order valence-corrected chi connectivity index (χ3v) is 3.67. The van der Waals surface area contributed by atoms with Gasteiger partial charge in [0.05, 0.1) is 11.4 Å². The van der Waals surface area contributed by atoms with Crippen molar-refractivity contribution in [2.24, 2.45) is 0 Å². The zero-order valence-electron chi connectivity index (χ0n) is 10.8. The van der Waals surface area contributed by atoms with Gasteiger partial charge in [-0.2, -0.15) is 0 Å². The van der Waals surface area contributed by atoms with E-state index in [1.54, 1.807) is 0 Å². The SMILES string of the molecule is Cc1ccc(N)c(NC2CCCCCCC2)c1. The van der Waals surface area contributed by atoms with Crippen LogP contribution in [-0.2, 0) is 0 Å². The molecular weight excluding hydrogens is 208 g/mol. The number of anilines is 2. The highest BCUT2D eigenvalue weighted by Gasteiger charge is 2.12. The molecule has 94 valence electrons. The van der Waals surface area contributed by atoms with Crippen molar-refractivity contribution in [3.63, 3.8) is 0 Å². The minimum Gasteiger partial charge on any atom is -0.397 e. The first kappa shape index (κ1) is 12.3. The van der Waals surface area contributed by atoms with Crippen LogP contribution in [0.25, 0.3) is 0 Å². The van der Waals surface area contributed by atoms with Gasteiger partial charge in [0.25, 0.3) is 0 Å². The van der Waals surface area contributed by atoms with Crippen LogP contribution in [0.4, 0.5) is 11.4 Å². The normalized spacial score (nSPS) is 18.4. The van der Waals surface area contributed by atoms with E-state index in [4.69, 9.17) is 5.73 Å². The van der Waals surface area contributed by atoms with E-state index in [9.17, 15) is 0 Å². The van der Waals surface area contributed by atoms with Crippen LogP contribution < -0.4 is 11.1 Å². The summed E-state index contributed by atoms with van der Waals surface area (Å²) >= 11 is 0. The average Bonchev–Trinajstić information content (AvgIpc) is 2.27. The average molecular weight is 232 g/mol. The highest BCUT2D eigenvalue weighted by molar-refractivity contribution is 5.67. The van der Waals surface area contributed by atoms with Crippen molar-refractivity contribution >= 4 is 11.4 Å². The van der Waals surface area contributed by atoms with Crippen LogP contribution in [0.1, 0.15) is 50.5 Å². The lowest BCUT2D eigenvalue weighted by molar-refractivity contribution is 0.471. The number of hydrogen-bond acceptors (Lipinski definition) is 2. The molecule has 0 saturated heterocycles. The predicted molar refractivity (Wildman–Crippen MR) is 75.3 cm³/mol. The smallest absolute Gasteiger partial charge is 0.0578 e. The largest absolute Gasteiger partial charge is 0.397 e. The highest BCUT2D eigenvalue weighted by atomic mass is 14.9. The van der Waals surface area contributed by atoms with E-state index in [-0.39, 0.29) is 0 Å². The molecule has 2 rings (SSSR count). The molecule has 0 aromatic heterocycles. The summed E-state index contributed by atoms with van der Waals surface area (Å²) in [6, 6.07) is 6.84. The second kappa shape index (κ2) is 5.95. The summed E-state index contributed by atoms with van der Waals surface area (Å²) in [5.41, 5.74) is 9.28. The Balaban J connectivity index is 2.00. The van der Waals surface area contributed by atoms with Crippen molar-refractivity contribution in [2.45, 2.75) is 57.9 Å². The topological polar surface area (TPSA) is 38.0 Å². The molecule has 0 radical (unpaired) electrons. The lowest BCUT2D eigenvalue weighted by Gasteiger charge is -2.23. The summed E-state index contributed by atoms with van der Waals surface area (Å²) in [7, 11) is 0. The van der Waals surface area contributed by atoms with E-state index >= 15 is 0 Å². The van der Waals surface area contributed by atoms with Gasteiger partial charge in [0.1, 0.15) is 0 Å². The molecular formula is C15H24N2. The van der Waals surface area contributed by atoms with Gasteiger partial charge in [0.15, 0.2) is 0 Å². The fourth-order valence-corrected chi connectivity index (χ4v) is 2.62. The Morgan fingerprint density at radius 1 is 1.06 bits per heavy atom. The van der Waals surface area contributed by atoms with Crippen molar-refractivity contribution in [1.82, 2.24) is 0 Å². The molecule has 0 unspecified atom stereocenters. The van der Waals surface area contributed by atoms with Crippen LogP contribution in [0.15, 0.2) is 18.2 Å². The molecule has 0 aliphatic heterocycles. The van der Waals surface area contributed by atoms with E-state index in [1.807, 2.05) is 6.07 Å². The van der Waals surface area contributed by atoms with Gasteiger partial charge in [0, 0.05) is 6.04 Å². The van der Waals surface area contributed by atoms with Crippen LogP contribution in [0.5, 0.6) is 0 Å². The first-order valence-electron chi connectivity index (χ1n) is 6.88. The third kappa shape index (κ3) is 3.65. The van der Waals surface area contributed by atoms with Gasteiger partial charge in [-0.05, 0) is 37.5 Å². The molecule has 1 saturated carbocycles. The maximum absolute atomic E-state index is 6.01. The minimum atomic E-state index is 0.611. The summed E-state index contributed by atoms with van der Waals surface area (Å²) in [5.74, 6) is 0. The fraction of sp³-hybridized carbons (Fsp3) is 0.600. The van der Waals surface area contributed by atoms with Gasteiger partial charge in [-0.25, -0.2) is 0 Å². The number of aryl methyl sites for hydroxylation is 1. The fourth-order valence-electron chi connectivity index (χ4n) is 2.62. The van der Waals surface area contributed by atoms with E-state index in [1.165, 1.54) is 50.5 Å². The summed E-state index contributed by atoms with van der Waals surface area (Å²) in [6.07, 6.45) is 9.47. The van der Waals surface area contributed by atoms with Crippen LogP contribution >= 0.6 is 0 Å². The van der Waals surface area contributed by atoms with Crippen molar-refractivity contribution in [3.05, 3.63) is 23.8 Å². The summed E-state index contributed by atoms with van der Waals surface area (Å²) in [6.45, 7) is 2.11. The van der Waals surface area contributed by atoms with E-state index < -0.39 is 0 Å². The number of rotatable bonds is 2. The lowest BCUT2D eigenvalue weighted by Crippen LogP contribution is -2.21. The Labute approximate surface area is 105 Å². The highest BCUT2D eigenvalue weighted by Crippen LogP contribution is 2.25. The van der Waals surface area contributed by atoms with Crippen molar-refractivity contribution in [3.8, 4) is 0 Å².